The van der Waals surface area contributed by atoms with Crippen molar-refractivity contribution in [3.05, 3.63) is 35.7 Å². The maximum absolute atomic E-state index is 11.2. The zero-order valence-corrected chi connectivity index (χ0v) is 8.63. The van der Waals surface area contributed by atoms with E-state index in [-0.39, 0.29) is 5.97 Å². The highest BCUT2D eigenvalue weighted by Gasteiger charge is 2.10. The van der Waals surface area contributed by atoms with Crippen molar-refractivity contribution in [2.24, 2.45) is 0 Å². The summed E-state index contributed by atoms with van der Waals surface area (Å²) in [5, 5.41) is 0. The number of methoxy groups -OCH3 is 1. The Bertz CT molecular complexity index is 383. The number of rotatable bonds is 2. The van der Waals surface area contributed by atoms with Crippen molar-refractivity contribution < 1.29 is 9.53 Å². The van der Waals surface area contributed by atoms with Gasteiger partial charge < -0.3 is 4.74 Å². The summed E-state index contributed by atoms with van der Waals surface area (Å²) in [6.07, 6.45) is 1.52. The molecule has 0 atom stereocenters. The van der Waals surface area contributed by atoms with Crippen LogP contribution in [-0.4, -0.2) is 18.1 Å². The van der Waals surface area contributed by atoms with Crippen LogP contribution < -0.4 is 0 Å². The lowest BCUT2D eigenvalue weighted by atomic mass is 10.1. The van der Waals surface area contributed by atoms with Gasteiger partial charge in [-0.1, -0.05) is 6.58 Å². The maximum Gasteiger partial charge on any atom is 0.339 e. The fourth-order valence-electron chi connectivity index (χ4n) is 1.11. The average molecular weight is 191 g/mol. The summed E-state index contributed by atoms with van der Waals surface area (Å²) in [5.74, 6) is -0.358. The minimum absolute atomic E-state index is 0.358. The smallest absolute Gasteiger partial charge is 0.339 e. The van der Waals surface area contributed by atoms with Crippen LogP contribution in [0.25, 0.3) is 5.57 Å². The lowest BCUT2D eigenvalue weighted by Crippen LogP contribution is -2.05. The molecule has 0 bridgehead atoms. The molecule has 0 aliphatic heterocycles. The number of nitrogens with zero attached hydrogens (tertiary/aromatic N) is 1. The molecule has 0 radical (unpaired) electrons. The molecular weight excluding hydrogens is 178 g/mol. The van der Waals surface area contributed by atoms with E-state index in [1.165, 1.54) is 13.3 Å². The first-order valence-corrected chi connectivity index (χ1v) is 4.27. The van der Waals surface area contributed by atoms with Crippen LogP contribution in [0.5, 0.6) is 0 Å². The molecule has 0 amide bonds. The fourth-order valence-corrected chi connectivity index (χ4v) is 1.11. The predicted octanol–water partition coefficient (Wildman–Crippen LogP) is 2.21. The number of carbonyl (C=O) groups excluding carboxylic acids is 1. The molecule has 0 fully saturated rings. The number of pyridine rings is 1. The molecule has 3 heteroatoms. The maximum atomic E-state index is 11.2. The van der Waals surface area contributed by atoms with E-state index in [0.717, 1.165) is 16.8 Å². The van der Waals surface area contributed by atoms with Gasteiger partial charge in [-0.25, -0.2) is 4.79 Å². The Morgan fingerprint density at radius 1 is 1.57 bits per heavy atom. The standard InChI is InChI=1S/C11H13NO2/c1-7(2)10-5-8(3)9(6-12-10)11(13)14-4/h5-6H,1H2,2-4H3. The number of carbonyl (C=O) groups is 1. The van der Waals surface area contributed by atoms with Gasteiger partial charge in [-0.2, -0.15) is 0 Å². The van der Waals surface area contributed by atoms with E-state index in [1.807, 2.05) is 19.9 Å². The molecule has 1 aromatic rings. The van der Waals surface area contributed by atoms with Gasteiger partial charge in [-0.15, -0.1) is 0 Å². The molecule has 0 aliphatic rings. The Morgan fingerprint density at radius 2 is 2.21 bits per heavy atom. The lowest BCUT2D eigenvalue weighted by Gasteiger charge is -2.05. The van der Waals surface area contributed by atoms with Crippen LogP contribution in [0.3, 0.4) is 0 Å². The fraction of sp³-hybridized carbons (Fsp3) is 0.273. The second-order valence-corrected chi connectivity index (χ2v) is 3.16. The number of aromatic nitrogens is 1. The first kappa shape index (κ1) is 10.4. The molecule has 1 rings (SSSR count). The second-order valence-electron chi connectivity index (χ2n) is 3.16. The van der Waals surface area contributed by atoms with Crippen LogP contribution in [0, 0.1) is 6.92 Å². The number of esters is 1. The Kier molecular flexibility index (Phi) is 3.02. The number of hydrogen-bond donors (Lipinski definition) is 0. The Labute approximate surface area is 83.4 Å². The first-order chi connectivity index (χ1) is 6.56. The van der Waals surface area contributed by atoms with Crippen molar-refractivity contribution >= 4 is 11.5 Å². The summed E-state index contributed by atoms with van der Waals surface area (Å²) in [6.45, 7) is 7.50. The van der Waals surface area contributed by atoms with Crippen LogP contribution in [0.15, 0.2) is 18.8 Å². The van der Waals surface area contributed by atoms with E-state index in [9.17, 15) is 4.79 Å². The van der Waals surface area contributed by atoms with E-state index < -0.39 is 0 Å². The number of aryl methyl sites for hydroxylation is 1. The van der Waals surface area contributed by atoms with Gasteiger partial charge in [0.05, 0.1) is 18.4 Å². The molecule has 74 valence electrons. The monoisotopic (exact) mass is 191 g/mol. The molecule has 0 N–H and O–H groups in total. The molecule has 14 heavy (non-hydrogen) atoms. The van der Waals surface area contributed by atoms with E-state index in [0.29, 0.717) is 5.56 Å². The minimum Gasteiger partial charge on any atom is -0.465 e. The molecule has 0 spiro atoms. The van der Waals surface area contributed by atoms with Crippen LogP contribution in [0.2, 0.25) is 0 Å². The van der Waals surface area contributed by atoms with Gasteiger partial charge in [0, 0.05) is 6.20 Å². The highest BCUT2D eigenvalue weighted by atomic mass is 16.5. The van der Waals surface area contributed by atoms with Crippen LogP contribution in [-0.2, 0) is 4.74 Å². The van der Waals surface area contributed by atoms with Gasteiger partial charge in [-0.3, -0.25) is 4.98 Å². The van der Waals surface area contributed by atoms with Gasteiger partial charge in [0.1, 0.15) is 0 Å². The quantitative estimate of drug-likeness (QED) is 0.673. The van der Waals surface area contributed by atoms with Crippen molar-refractivity contribution in [1.82, 2.24) is 4.98 Å². The molecule has 1 aromatic heterocycles. The Hall–Kier alpha value is -1.64. The zero-order chi connectivity index (χ0) is 10.7. The largest absolute Gasteiger partial charge is 0.465 e. The summed E-state index contributed by atoms with van der Waals surface area (Å²) in [4.78, 5) is 15.3. The lowest BCUT2D eigenvalue weighted by molar-refractivity contribution is 0.0599. The highest BCUT2D eigenvalue weighted by Crippen LogP contribution is 2.14. The summed E-state index contributed by atoms with van der Waals surface area (Å²) in [5.41, 5.74) is 3.03. The predicted molar refractivity (Wildman–Crippen MR) is 55.0 cm³/mol. The normalized spacial score (nSPS) is 9.64. The minimum atomic E-state index is -0.358. The molecule has 0 aliphatic carbocycles. The van der Waals surface area contributed by atoms with Gasteiger partial charge >= 0.3 is 5.97 Å². The molecular formula is C11H13NO2. The molecule has 0 saturated heterocycles. The number of hydrogen-bond acceptors (Lipinski definition) is 3. The first-order valence-electron chi connectivity index (χ1n) is 4.27. The van der Waals surface area contributed by atoms with Gasteiger partial charge in [0.15, 0.2) is 0 Å². The summed E-state index contributed by atoms with van der Waals surface area (Å²) in [6, 6.07) is 1.83. The van der Waals surface area contributed by atoms with Crippen LogP contribution in [0.4, 0.5) is 0 Å². The average Bonchev–Trinajstić information content (AvgIpc) is 2.16. The van der Waals surface area contributed by atoms with Gasteiger partial charge in [0.25, 0.3) is 0 Å². The molecule has 0 saturated carbocycles. The summed E-state index contributed by atoms with van der Waals surface area (Å²) < 4.78 is 4.62. The SMILES string of the molecule is C=C(C)c1cc(C)c(C(=O)OC)cn1. The second kappa shape index (κ2) is 4.05. The van der Waals surface area contributed by atoms with Crippen molar-refractivity contribution in [3.63, 3.8) is 0 Å². The van der Waals surface area contributed by atoms with Crippen molar-refractivity contribution in [2.45, 2.75) is 13.8 Å². The third-order valence-corrected chi connectivity index (χ3v) is 1.95. The molecule has 3 nitrogen and oxygen atoms in total. The summed E-state index contributed by atoms with van der Waals surface area (Å²) >= 11 is 0. The van der Waals surface area contributed by atoms with Crippen molar-refractivity contribution in [1.29, 1.82) is 0 Å². The Morgan fingerprint density at radius 3 is 2.64 bits per heavy atom. The van der Waals surface area contributed by atoms with E-state index in [2.05, 4.69) is 16.3 Å². The van der Waals surface area contributed by atoms with Crippen LogP contribution >= 0.6 is 0 Å². The zero-order valence-electron chi connectivity index (χ0n) is 8.63. The van der Waals surface area contributed by atoms with Gasteiger partial charge in [-0.05, 0) is 31.1 Å². The van der Waals surface area contributed by atoms with E-state index in [4.69, 9.17) is 0 Å². The van der Waals surface area contributed by atoms with Crippen molar-refractivity contribution in [2.75, 3.05) is 7.11 Å². The van der Waals surface area contributed by atoms with Gasteiger partial charge in [0.2, 0.25) is 0 Å². The van der Waals surface area contributed by atoms with Crippen LogP contribution in [0.1, 0.15) is 28.5 Å². The third kappa shape index (κ3) is 1.99. The number of allylic oxidation sites excluding steroid dienone is 1. The highest BCUT2D eigenvalue weighted by molar-refractivity contribution is 5.90. The number of ether oxygens (including phenoxy) is 1. The van der Waals surface area contributed by atoms with E-state index in [1.54, 1.807) is 0 Å². The van der Waals surface area contributed by atoms with E-state index >= 15 is 0 Å². The molecule has 0 aromatic carbocycles. The summed E-state index contributed by atoms with van der Waals surface area (Å²) in [7, 11) is 1.36. The molecule has 1 heterocycles. The topological polar surface area (TPSA) is 39.2 Å². The van der Waals surface area contributed by atoms with Crippen molar-refractivity contribution in [3.8, 4) is 0 Å². The Balaban J connectivity index is 3.14. The third-order valence-electron chi connectivity index (χ3n) is 1.95. The molecule has 0 unspecified atom stereocenters.